The zero-order valence-electron chi connectivity index (χ0n) is 18.8. The number of nitrogens with zero attached hydrogens (tertiary/aromatic N) is 5. The third-order valence-electron chi connectivity index (χ3n) is 6.58. The number of piperazine rings is 1. The molecule has 0 spiro atoms. The van der Waals surface area contributed by atoms with Crippen molar-refractivity contribution < 1.29 is 4.79 Å². The van der Waals surface area contributed by atoms with E-state index in [0.717, 1.165) is 49.9 Å². The van der Waals surface area contributed by atoms with Gasteiger partial charge in [-0.25, -0.2) is 9.97 Å². The average molecular weight is 428 g/mol. The van der Waals surface area contributed by atoms with Crippen molar-refractivity contribution in [3.05, 3.63) is 71.7 Å². The van der Waals surface area contributed by atoms with Gasteiger partial charge in [0, 0.05) is 49.4 Å². The van der Waals surface area contributed by atoms with Crippen LogP contribution in [0.1, 0.15) is 22.6 Å². The molecule has 32 heavy (non-hydrogen) atoms. The second-order valence-electron chi connectivity index (χ2n) is 8.71. The zero-order chi connectivity index (χ0) is 22.2. The molecule has 1 fully saturated rings. The number of aryl methyl sites for hydroxylation is 2. The van der Waals surface area contributed by atoms with Gasteiger partial charge in [0.2, 0.25) is 5.91 Å². The summed E-state index contributed by atoms with van der Waals surface area (Å²) in [5.41, 5.74) is 4.92. The van der Waals surface area contributed by atoms with E-state index in [-0.39, 0.29) is 5.91 Å². The molecule has 0 aliphatic carbocycles. The molecule has 3 aromatic rings. The monoisotopic (exact) mass is 427 g/mol. The maximum absolute atomic E-state index is 11.9. The van der Waals surface area contributed by atoms with E-state index < -0.39 is 0 Å². The van der Waals surface area contributed by atoms with E-state index >= 15 is 0 Å². The Labute approximate surface area is 189 Å². The van der Waals surface area contributed by atoms with E-state index in [2.05, 4.69) is 59.7 Å². The average Bonchev–Trinajstić information content (AvgIpc) is 2.82. The zero-order valence-corrected chi connectivity index (χ0v) is 18.8. The fraction of sp³-hybridized carbons (Fsp3) is 0.346. The van der Waals surface area contributed by atoms with Crippen molar-refractivity contribution in [2.24, 2.45) is 0 Å². The van der Waals surface area contributed by atoms with Crippen molar-refractivity contribution in [2.45, 2.75) is 26.8 Å². The minimum Gasteiger partial charge on any atom is -0.365 e. The quantitative estimate of drug-likeness (QED) is 0.598. The highest BCUT2D eigenvalue weighted by Crippen LogP contribution is 2.33. The Kier molecular flexibility index (Phi) is 5.29. The molecule has 0 bridgehead atoms. The molecule has 6 heteroatoms. The van der Waals surface area contributed by atoms with Crippen LogP contribution in [0.3, 0.4) is 0 Å². The van der Waals surface area contributed by atoms with Gasteiger partial charge in [0.25, 0.3) is 0 Å². The highest BCUT2D eigenvalue weighted by molar-refractivity contribution is 5.95. The molecule has 5 rings (SSSR count). The van der Waals surface area contributed by atoms with Crippen LogP contribution in [0.25, 0.3) is 10.8 Å². The van der Waals surface area contributed by atoms with Crippen LogP contribution >= 0.6 is 0 Å². The predicted octanol–water partition coefficient (Wildman–Crippen LogP) is 3.64. The largest absolute Gasteiger partial charge is 0.365 e. The van der Waals surface area contributed by atoms with Crippen molar-refractivity contribution in [3.8, 4) is 0 Å². The van der Waals surface area contributed by atoms with Gasteiger partial charge in [-0.2, -0.15) is 0 Å². The molecule has 0 saturated carbocycles. The van der Waals surface area contributed by atoms with Gasteiger partial charge in [-0.05, 0) is 43.9 Å². The van der Waals surface area contributed by atoms with Crippen molar-refractivity contribution in [1.82, 2.24) is 14.9 Å². The summed E-state index contributed by atoms with van der Waals surface area (Å²) in [5, 5.41) is 2.57. The normalized spacial score (nSPS) is 16.2. The molecule has 0 unspecified atom stereocenters. The topological polar surface area (TPSA) is 52.6 Å². The van der Waals surface area contributed by atoms with Crippen LogP contribution in [0.4, 0.5) is 11.5 Å². The van der Waals surface area contributed by atoms with Gasteiger partial charge >= 0.3 is 0 Å². The number of rotatable bonds is 3. The van der Waals surface area contributed by atoms with Crippen molar-refractivity contribution in [2.75, 3.05) is 42.5 Å². The highest BCUT2D eigenvalue weighted by atomic mass is 16.2. The van der Waals surface area contributed by atoms with Gasteiger partial charge in [-0.3, -0.25) is 4.79 Å². The first-order valence-electron chi connectivity index (χ1n) is 11.3. The summed E-state index contributed by atoms with van der Waals surface area (Å²) in [5.74, 6) is 1.86. The summed E-state index contributed by atoms with van der Waals surface area (Å²) in [6, 6.07) is 13.2. The molecule has 164 valence electrons. The Balaban J connectivity index is 1.43. The smallest absolute Gasteiger partial charge is 0.246 e. The fourth-order valence-electron chi connectivity index (χ4n) is 4.91. The van der Waals surface area contributed by atoms with Gasteiger partial charge in [0.1, 0.15) is 11.6 Å². The number of hydrogen-bond acceptors (Lipinski definition) is 5. The Morgan fingerprint density at radius 3 is 2.59 bits per heavy atom. The summed E-state index contributed by atoms with van der Waals surface area (Å²) < 4.78 is 0. The highest BCUT2D eigenvalue weighted by Gasteiger charge is 2.28. The van der Waals surface area contributed by atoms with Crippen molar-refractivity contribution in [3.63, 3.8) is 0 Å². The SMILES string of the molecule is C=CC(=O)N1CCN(c2nc(C)nc3c2CCN(c2cccc4ccc(C)cc24)C3)CC1. The molecule has 0 radical (unpaired) electrons. The first-order chi connectivity index (χ1) is 15.5. The molecule has 1 aromatic heterocycles. The number of carbonyl (C=O) groups excluding carboxylic acids is 1. The van der Waals surface area contributed by atoms with Crippen molar-refractivity contribution in [1.29, 1.82) is 0 Å². The summed E-state index contributed by atoms with van der Waals surface area (Å²) >= 11 is 0. The van der Waals surface area contributed by atoms with Gasteiger partial charge in [-0.1, -0.05) is 36.4 Å². The van der Waals surface area contributed by atoms with E-state index in [0.29, 0.717) is 13.1 Å². The predicted molar refractivity (Wildman–Crippen MR) is 129 cm³/mol. The first kappa shape index (κ1) is 20.5. The van der Waals surface area contributed by atoms with Gasteiger partial charge in [0.15, 0.2) is 0 Å². The minimum atomic E-state index is 0.00603. The lowest BCUT2D eigenvalue weighted by atomic mass is 10.0. The van der Waals surface area contributed by atoms with E-state index in [9.17, 15) is 4.79 Å². The van der Waals surface area contributed by atoms with Crippen LogP contribution in [0.5, 0.6) is 0 Å². The Bertz CT molecular complexity index is 1200. The lowest BCUT2D eigenvalue weighted by Crippen LogP contribution is -2.49. The summed E-state index contributed by atoms with van der Waals surface area (Å²) in [7, 11) is 0. The van der Waals surface area contributed by atoms with Gasteiger partial charge in [-0.15, -0.1) is 0 Å². The fourth-order valence-corrected chi connectivity index (χ4v) is 4.91. The molecule has 2 aliphatic heterocycles. The van der Waals surface area contributed by atoms with E-state index in [1.807, 2.05) is 11.8 Å². The van der Waals surface area contributed by atoms with Gasteiger partial charge < -0.3 is 14.7 Å². The van der Waals surface area contributed by atoms with Crippen LogP contribution in [-0.4, -0.2) is 53.5 Å². The molecular formula is C26H29N5O. The Morgan fingerprint density at radius 1 is 1.00 bits per heavy atom. The van der Waals surface area contributed by atoms with E-state index in [1.165, 1.54) is 33.7 Å². The number of carbonyl (C=O) groups is 1. The van der Waals surface area contributed by atoms with Crippen LogP contribution in [0.15, 0.2) is 49.1 Å². The molecule has 0 atom stereocenters. The second kappa shape index (κ2) is 8.26. The third-order valence-corrected chi connectivity index (χ3v) is 6.58. The molecule has 1 saturated heterocycles. The lowest BCUT2D eigenvalue weighted by molar-refractivity contribution is -0.126. The molecular weight excluding hydrogens is 398 g/mol. The minimum absolute atomic E-state index is 0.00603. The molecule has 2 aliphatic rings. The molecule has 0 N–H and O–H groups in total. The van der Waals surface area contributed by atoms with Crippen LogP contribution in [0.2, 0.25) is 0 Å². The third kappa shape index (κ3) is 3.70. The summed E-state index contributed by atoms with van der Waals surface area (Å²) in [6.45, 7) is 12.4. The first-order valence-corrected chi connectivity index (χ1v) is 11.3. The summed E-state index contributed by atoms with van der Waals surface area (Å²) in [6.07, 6.45) is 2.31. The number of hydrogen-bond donors (Lipinski definition) is 0. The number of benzene rings is 2. The maximum atomic E-state index is 11.9. The van der Waals surface area contributed by atoms with Crippen LogP contribution in [-0.2, 0) is 17.8 Å². The van der Waals surface area contributed by atoms with Crippen LogP contribution in [0, 0.1) is 13.8 Å². The Morgan fingerprint density at radius 2 is 1.81 bits per heavy atom. The van der Waals surface area contributed by atoms with E-state index in [1.54, 1.807) is 0 Å². The Hall–Kier alpha value is -3.41. The summed E-state index contributed by atoms with van der Waals surface area (Å²) in [4.78, 5) is 28.2. The standard InChI is InChI=1S/C26H29N5O/c1-4-25(32)29-12-14-30(15-13-29)26-21-10-11-31(17-23(21)27-19(3)28-26)24-7-5-6-20-9-8-18(2)16-22(20)24/h4-9,16H,1,10-15,17H2,2-3H3. The molecule has 1 amide bonds. The maximum Gasteiger partial charge on any atom is 0.246 e. The number of anilines is 2. The molecule has 2 aromatic carbocycles. The molecule has 3 heterocycles. The lowest BCUT2D eigenvalue weighted by Gasteiger charge is -2.38. The number of amides is 1. The second-order valence-corrected chi connectivity index (χ2v) is 8.71. The number of fused-ring (bicyclic) bond motifs is 2. The number of aromatic nitrogens is 2. The van der Waals surface area contributed by atoms with E-state index in [4.69, 9.17) is 9.97 Å². The van der Waals surface area contributed by atoms with Crippen LogP contribution < -0.4 is 9.80 Å². The molecule has 6 nitrogen and oxygen atoms in total. The van der Waals surface area contributed by atoms with Crippen molar-refractivity contribution >= 4 is 28.2 Å². The van der Waals surface area contributed by atoms with Gasteiger partial charge in [0.05, 0.1) is 12.2 Å².